The van der Waals surface area contributed by atoms with E-state index in [1.54, 1.807) is 11.8 Å². The van der Waals surface area contributed by atoms with E-state index in [1.165, 1.54) is 0 Å². The lowest BCUT2D eigenvalue weighted by atomic mass is 10.4. The van der Waals surface area contributed by atoms with E-state index in [0.29, 0.717) is 5.91 Å². The Morgan fingerprint density at radius 2 is 2.55 bits per heavy atom. The monoisotopic (exact) mass is 171 g/mol. The van der Waals surface area contributed by atoms with Gasteiger partial charge in [0.15, 0.2) is 0 Å². The zero-order valence-corrected chi connectivity index (χ0v) is 7.40. The van der Waals surface area contributed by atoms with Gasteiger partial charge in [0.25, 0.3) is 0 Å². The second kappa shape index (κ2) is 4.44. The first-order chi connectivity index (χ1) is 5.34. The summed E-state index contributed by atoms with van der Waals surface area (Å²) < 4.78 is 0. The van der Waals surface area contributed by atoms with Crippen LogP contribution in [0.3, 0.4) is 0 Å². The molecule has 0 unspecified atom stereocenters. The molecule has 0 radical (unpaired) electrons. The van der Waals surface area contributed by atoms with E-state index in [1.807, 2.05) is 10.3 Å². The number of amides is 1. The van der Waals surface area contributed by atoms with Crippen molar-refractivity contribution in [2.24, 2.45) is 0 Å². The van der Waals surface area contributed by atoms with Crippen LogP contribution in [-0.4, -0.2) is 29.6 Å². The number of hydrogen-bond acceptors (Lipinski definition) is 2. The van der Waals surface area contributed by atoms with Crippen molar-refractivity contribution in [1.29, 1.82) is 0 Å². The van der Waals surface area contributed by atoms with E-state index in [9.17, 15) is 4.79 Å². The predicted molar refractivity (Wildman–Crippen MR) is 48.5 cm³/mol. The molecule has 0 spiro atoms. The van der Waals surface area contributed by atoms with Crippen LogP contribution < -0.4 is 0 Å². The Kier molecular flexibility index (Phi) is 3.49. The average molecular weight is 171 g/mol. The van der Waals surface area contributed by atoms with Crippen molar-refractivity contribution in [3.05, 3.63) is 12.0 Å². The van der Waals surface area contributed by atoms with Crippen LogP contribution in [0, 0.1) is 0 Å². The molecule has 0 atom stereocenters. The summed E-state index contributed by atoms with van der Waals surface area (Å²) >= 11 is 1.67. The highest BCUT2D eigenvalue weighted by molar-refractivity contribution is 8.02. The number of thioether (sulfide) groups is 1. The number of carbonyl (C=O) groups excluding carboxylic acids is 1. The van der Waals surface area contributed by atoms with Crippen LogP contribution in [0.4, 0.5) is 0 Å². The maximum atomic E-state index is 11.1. The Bertz CT molecular complexity index is 158. The van der Waals surface area contributed by atoms with Gasteiger partial charge < -0.3 is 4.90 Å². The van der Waals surface area contributed by atoms with E-state index in [-0.39, 0.29) is 0 Å². The first kappa shape index (κ1) is 8.65. The van der Waals surface area contributed by atoms with Crippen molar-refractivity contribution in [2.45, 2.75) is 12.8 Å². The number of hydrogen-bond donors (Lipinski definition) is 0. The zero-order chi connectivity index (χ0) is 8.10. The van der Waals surface area contributed by atoms with Gasteiger partial charge in [-0.3, -0.25) is 4.79 Å². The highest BCUT2D eigenvalue weighted by atomic mass is 32.2. The molecule has 1 heterocycles. The Morgan fingerprint density at radius 3 is 3.09 bits per heavy atom. The lowest BCUT2D eigenvalue weighted by Gasteiger charge is -2.13. The van der Waals surface area contributed by atoms with Crippen LogP contribution in [0.2, 0.25) is 0 Å². The van der Waals surface area contributed by atoms with Gasteiger partial charge in [-0.1, -0.05) is 6.58 Å². The minimum absolute atomic E-state index is 0.315. The highest BCUT2D eigenvalue weighted by Crippen LogP contribution is 2.10. The Morgan fingerprint density at radius 1 is 1.73 bits per heavy atom. The number of nitrogens with zero attached hydrogens (tertiary/aromatic N) is 1. The molecular weight excluding hydrogens is 158 g/mol. The quantitative estimate of drug-likeness (QED) is 0.597. The molecule has 1 rings (SSSR count). The predicted octanol–water partition coefficient (Wildman–Crippen LogP) is 1.49. The van der Waals surface area contributed by atoms with Gasteiger partial charge in [-0.05, 0) is 11.8 Å². The summed E-state index contributed by atoms with van der Waals surface area (Å²) in [7, 11) is 0. The van der Waals surface area contributed by atoms with Gasteiger partial charge in [-0.15, -0.1) is 11.8 Å². The van der Waals surface area contributed by atoms with E-state index in [0.717, 1.165) is 31.7 Å². The third-order valence-electron chi connectivity index (χ3n) is 1.77. The van der Waals surface area contributed by atoms with Crippen LogP contribution in [0.15, 0.2) is 12.0 Å². The smallest absolute Gasteiger partial charge is 0.222 e. The van der Waals surface area contributed by atoms with Crippen molar-refractivity contribution in [2.75, 3.05) is 18.8 Å². The molecule has 11 heavy (non-hydrogen) atoms. The minimum Gasteiger partial charge on any atom is -0.342 e. The van der Waals surface area contributed by atoms with Gasteiger partial charge in [-0.25, -0.2) is 0 Å². The van der Waals surface area contributed by atoms with Crippen molar-refractivity contribution in [3.63, 3.8) is 0 Å². The van der Waals surface area contributed by atoms with Crippen LogP contribution in [0.25, 0.3) is 0 Å². The van der Waals surface area contributed by atoms with Crippen LogP contribution in [-0.2, 0) is 4.79 Å². The second-order valence-electron chi connectivity index (χ2n) is 2.52. The summed E-state index contributed by atoms with van der Waals surface area (Å²) in [5, 5.41) is 1.82. The van der Waals surface area contributed by atoms with Crippen LogP contribution >= 0.6 is 11.8 Å². The molecule has 62 valence electrons. The number of rotatable bonds is 4. The first-order valence-corrected chi connectivity index (χ1v) is 4.90. The minimum atomic E-state index is 0.315. The van der Waals surface area contributed by atoms with Gasteiger partial charge in [-0.2, -0.15) is 0 Å². The van der Waals surface area contributed by atoms with Gasteiger partial charge in [0, 0.05) is 25.3 Å². The highest BCUT2D eigenvalue weighted by Gasteiger charge is 2.18. The standard InChI is InChI=1S/C8H13NOS/c1-2-11-7-6-9-5-3-4-8(9)10/h2H,1,3-7H2. The normalized spacial score (nSPS) is 17.5. The second-order valence-corrected chi connectivity index (χ2v) is 3.60. The molecule has 1 amide bonds. The fourth-order valence-electron chi connectivity index (χ4n) is 1.19. The largest absolute Gasteiger partial charge is 0.342 e. The summed E-state index contributed by atoms with van der Waals surface area (Å²) in [6.45, 7) is 5.44. The molecule has 3 heteroatoms. The first-order valence-electron chi connectivity index (χ1n) is 3.85. The lowest BCUT2D eigenvalue weighted by molar-refractivity contribution is -0.127. The third kappa shape index (κ3) is 2.58. The molecule has 0 aromatic carbocycles. The SMILES string of the molecule is C=CSCCN1CCCC1=O. The fraction of sp³-hybridized carbons (Fsp3) is 0.625. The van der Waals surface area contributed by atoms with E-state index in [4.69, 9.17) is 0 Å². The fourth-order valence-corrected chi connectivity index (χ4v) is 1.68. The zero-order valence-electron chi connectivity index (χ0n) is 6.58. The van der Waals surface area contributed by atoms with Gasteiger partial charge in [0.2, 0.25) is 5.91 Å². The van der Waals surface area contributed by atoms with Crippen molar-refractivity contribution in [3.8, 4) is 0 Å². The molecule has 0 bridgehead atoms. The van der Waals surface area contributed by atoms with E-state index >= 15 is 0 Å². The van der Waals surface area contributed by atoms with E-state index in [2.05, 4.69) is 6.58 Å². The van der Waals surface area contributed by atoms with Crippen molar-refractivity contribution < 1.29 is 4.79 Å². The lowest BCUT2D eigenvalue weighted by Crippen LogP contribution is -2.26. The summed E-state index contributed by atoms with van der Waals surface area (Å²) in [5.41, 5.74) is 0. The maximum Gasteiger partial charge on any atom is 0.222 e. The topological polar surface area (TPSA) is 20.3 Å². The maximum absolute atomic E-state index is 11.1. The van der Waals surface area contributed by atoms with Crippen molar-refractivity contribution in [1.82, 2.24) is 4.90 Å². The molecule has 0 aromatic rings. The Balaban J connectivity index is 2.15. The summed E-state index contributed by atoms with van der Waals surface area (Å²) in [6.07, 6.45) is 1.79. The molecule has 1 aliphatic heterocycles. The molecular formula is C8H13NOS. The van der Waals surface area contributed by atoms with Gasteiger partial charge >= 0.3 is 0 Å². The van der Waals surface area contributed by atoms with Gasteiger partial charge in [0.1, 0.15) is 0 Å². The number of likely N-dealkylation sites (tertiary alicyclic amines) is 1. The summed E-state index contributed by atoms with van der Waals surface area (Å²) in [5.74, 6) is 1.30. The summed E-state index contributed by atoms with van der Waals surface area (Å²) in [4.78, 5) is 13.0. The Labute approximate surface area is 71.6 Å². The molecule has 0 N–H and O–H groups in total. The molecule has 2 nitrogen and oxygen atoms in total. The van der Waals surface area contributed by atoms with Crippen molar-refractivity contribution >= 4 is 17.7 Å². The molecule has 1 fully saturated rings. The van der Waals surface area contributed by atoms with Gasteiger partial charge in [0.05, 0.1) is 0 Å². The molecule has 1 aliphatic rings. The molecule has 1 saturated heterocycles. The third-order valence-corrected chi connectivity index (χ3v) is 2.42. The summed E-state index contributed by atoms with van der Waals surface area (Å²) in [6, 6.07) is 0. The molecule has 0 aromatic heterocycles. The van der Waals surface area contributed by atoms with E-state index < -0.39 is 0 Å². The van der Waals surface area contributed by atoms with Crippen LogP contribution in [0.5, 0.6) is 0 Å². The molecule has 0 aliphatic carbocycles. The van der Waals surface area contributed by atoms with Crippen LogP contribution in [0.1, 0.15) is 12.8 Å². The Hall–Kier alpha value is -0.440. The number of carbonyl (C=O) groups is 1. The average Bonchev–Trinajstić information content (AvgIpc) is 2.37. The molecule has 0 saturated carbocycles.